The topological polar surface area (TPSA) is 66.5 Å². The van der Waals surface area contributed by atoms with E-state index in [1.54, 1.807) is 54.6 Å². The molecule has 0 saturated carbocycles. The minimum Gasteiger partial charge on any atom is -0.324 e. The lowest BCUT2D eigenvalue weighted by Crippen LogP contribution is -2.38. The second-order valence-corrected chi connectivity index (χ2v) is 8.70. The molecule has 0 unspecified atom stereocenters. The van der Waals surface area contributed by atoms with Gasteiger partial charge < -0.3 is 5.32 Å². The number of anilines is 2. The standard InChI is InChI=1S/C22H21ClN2O3S/c1-2-17-11-13-20(14-12-17)25(29(27,28)21-9-4-3-5-10-21)16-22(26)24-19-8-6-7-18(23)15-19/h3-15H,2,16H2,1H3,(H,24,26). The van der Waals surface area contributed by atoms with Crippen molar-refractivity contribution in [2.45, 2.75) is 18.2 Å². The van der Waals surface area contributed by atoms with Crippen molar-refractivity contribution in [3.63, 3.8) is 0 Å². The Morgan fingerprint density at radius 2 is 1.66 bits per heavy atom. The van der Waals surface area contributed by atoms with Gasteiger partial charge in [0, 0.05) is 10.7 Å². The summed E-state index contributed by atoms with van der Waals surface area (Å²) in [6.07, 6.45) is 0.834. The molecule has 0 bridgehead atoms. The van der Waals surface area contributed by atoms with E-state index in [9.17, 15) is 13.2 Å². The second kappa shape index (κ2) is 9.11. The third kappa shape index (κ3) is 5.16. The quantitative estimate of drug-likeness (QED) is 0.591. The number of hydrogen-bond donors (Lipinski definition) is 1. The minimum absolute atomic E-state index is 0.120. The van der Waals surface area contributed by atoms with E-state index in [0.717, 1.165) is 16.3 Å². The van der Waals surface area contributed by atoms with E-state index in [0.29, 0.717) is 16.4 Å². The molecule has 150 valence electrons. The monoisotopic (exact) mass is 428 g/mol. The van der Waals surface area contributed by atoms with E-state index >= 15 is 0 Å². The average molecular weight is 429 g/mol. The molecule has 3 aromatic rings. The number of amides is 1. The van der Waals surface area contributed by atoms with Gasteiger partial charge >= 0.3 is 0 Å². The van der Waals surface area contributed by atoms with Crippen LogP contribution >= 0.6 is 11.6 Å². The molecule has 0 aliphatic rings. The maximum Gasteiger partial charge on any atom is 0.264 e. The highest BCUT2D eigenvalue weighted by molar-refractivity contribution is 7.92. The van der Waals surface area contributed by atoms with Gasteiger partial charge in [0.15, 0.2) is 0 Å². The van der Waals surface area contributed by atoms with Crippen molar-refractivity contribution in [2.75, 3.05) is 16.2 Å². The van der Waals surface area contributed by atoms with Gasteiger partial charge in [0.2, 0.25) is 5.91 Å². The summed E-state index contributed by atoms with van der Waals surface area (Å²) in [4.78, 5) is 12.8. The van der Waals surface area contributed by atoms with Crippen LogP contribution < -0.4 is 9.62 Å². The number of rotatable bonds is 7. The van der Waals surface area contributed by atoms with Crippen molar-refractivity contribution in [3.8, 4) is 0 Å². The highest BCUT2D eigenvalue weighted by Crippen LogP contribution is 2.24. The third-order valence-corrected chi connectivity index (χ3v) is 6.38. The molecule has 0 aromatic heterocycles. The van der Waals surface area contributed by atoms with Crippen molar-refractivity contribution in [3.05, 3.63) is 89.4 Å². The van der Waals surface area contributed by atoms with Crippen LogP contribution in [0, 0.1) is 0 Å². The molecule has 7 heteroatoms. The lowest BCUT2D eigenvalue weighted by molar-refractivity contribution is -0.114. The summed E-state index contributed by atoms with van der Waals surface area (Å²) in [6.45, 7) is 1.65. The van der Waals surface area contributed by atoms with E-state index in [1.165, 1.54) is 12.1 Å². The Kier molecular flexibility index (Phi) is 6.56. The second-order valence-electron chi connectivity index (χ2n) is 6.40. The average Bonchev–Trinajstić information content (AvgIpc) is 2.73. The normalized spacial score (nSPS) is 11.1. The zero-order valence-electron chi connectivity index (χ0n) is 15.9. The molecule has 5 nitrogen and oxygen atoms in total. The summed E-state index contributed by atoms with van der Waals surface area (Å²) in [5.41, 5.74) is 2.00. The van der Waals surface area contributed by atoms with Crippen molar-refractivity contribution in [1.29, 1.82) is 0 Å². The molecule has 1 amide bonds. The van der Waals surface area contributed by atoms with Crippen molar-refractivity contribution >= 4 is 38.9 Å². The van der Waals surface area contributed by atoms with Crippen LogP contribution in [0.2, 0.25) is 5.02 Å². The fourth-order valence-electron chi connectivity index (χ4n) is 2.83. The summed E-state index contributed by atoms with van der Waals surface area (Å²) in [5, 5.41) is 3.18. The molecule has 0 aliphatic carbocycles. The van der Waals surface area contributed by atoms with Crippen LogP contribution in [0.15, 0.2) is 83.8 Å². The lowest BCUT2D eigenvalue weighted by atomic mass is 10.1. The van der Waals surface area contributed by atoms with Crippen LogP contribution in [0.1, 0.15) is 12.5 Å². The smallest absolute Gasteiger partial charge is 0.264 e. The molecule has 0 saturated heterocycles. The fraction of sp³-hybridized carbons (Fsp3) is 0.136. The van der Waals surface area contributed by atoms with Gasteiger partial charge in [0.05, 0.1) is 10.6 Å². The van der Waals surface area contributed by atoms with Crippen molar-refractivity contribution < 1.29 is 13.2 Å². The number of nitrogens with zero attached hydrogens (tertiary/aromatic N) is 1. The molecular weight excluding hydrogens is 408 g/mol. The summed E-state index contributed by atoms with van der Waals surface area (Å²) >= 11 is 5.95. The zero-order valence-corrected chi connectivity index (χ0v) is 17.5. The van der Waals surface area contributed by atoms with E-state index in [-0.39, 0.29) is 11.4 Å². The predicted octanol–water partition coefficient (Wildman–Crippen LogP) is 4.74. The van der Waals surface area contributed by atoms with Gasteiger partial charge in [-0.05, 0) is 54.4 Å². The van der Waals surface area contributed by atoms with Crippen LogP contribution in [0.25, 0.3) is 0 Å². The van der Waals surface area contributed by atoms with E-state index in [2.05, 4.69) is 5.32 Å². The van der Waals surface area contributed by atoms with Crippen LogP contribution in [-0.2, 0) is 21.2 Å². The molecule has 0 atom stereocenters. The van der Waals surface area contributed by atoms with Gasteiger partial charge in [0.25, 0.3) is 10.0 Å². The summed E-state index contributed by atoms with van der Waals surface area (Å²) in [6, 6.07) is 21.9. The van der Waals surface area contributed by atoms with Gasteiger partial charge in [-0.2, -0.15) is 0 Å². The summed E-state index contributed by atoms with van der Waals surface area (Å²) in [7, 11) is -3.92. The number of sulfonamides is 1. The van der Waals surface area contributed by atoms with Crippen LogP contribution in [0.5, 0.6) is 0 Å². The number of halogens is 1. The molecule has 0 fully saturated rings. The largest absolute Gasteiger partial charge is 0.324 e. The number of hydrogen-bond acceptors (Lipinski definition) is 3. The summed E-state index contributed by atoms with van der Waals surface area (Å²) in [5.74, 6) is -0.466. The molecule has 3 aromatic carbocycles. The molecule has 0 spiro atoms. The van der Waals surface area contributed by atoms with Gasteiger partial charge in [-0.1, -0.05) is 54.9 Å². The van der Waals surface area contributed by atoms with Gasteiger partial charge in [-0.3, -0.25) is 9.10 Å². The molecule has 0 heterocycles. The van der Waals surface area contributed by atoms with Crippen molar-refractivity contribution in [1.82, 2.24) is 0 Å². The van der Waals surface area contributed by atoms with Crippen LogP contribution in [0.3, 0.4) is 0 Å². The van der Waals surface area contributed by atoms with E-state index in [1.807, 2.05) is 19.1 Å². The SMILES string of the molecule is CCc1ccc(N(CC(=O)Nc2cccc(Cl)c2)S(=O)(=O)c2ccccc2)cc1. The van der Waals surface area contributed by atoms with Gasteiger partial charge in [-0.15, -0.1) is 0 Å². The zero-order chi connectivity index (χ0) is 20.9. The molecule has 29 heavy (non-hydrogen) atoms. The van der Waals surface area contributed by atoms with Gasteiger partial charge in [0.1, 0.15) is 6.54 Å². The lowest BCUT2D eigenvalue weighted by Gasteiger charge is -2.24. The molecule has 0 aliphatic heterocycles. The predicted molar refractivity (Wildman–Crippen MR) is 117 cm³/mol. The van der Waals surface area contributed by atoms with Gasteiger partial charge in [-0.25, -0.2) is 8.42 Å². The fourth-order valence-corrected chi connectivity index (χ4v) is 4.46. The first-order valence-corrected chi connectivity index (χ1v) is 10.9. The van der Waals surface area contributed by atoms with E-state index in [4.69, 9.17) is 11.6 Å². The Bertz CT molecular complexity index is 1080. The first-order valence-electron chi connectivity index (χ1n) is 9.12. The minimum atomic E-state index is -3.92. The Morgan fingerprint density at radius 3 is 2.28 bits per heavy atom. The molecule has 1 N–H and O–H groups in total. The number of benzene rings is 3. The molecule has 0 radical (unpaired) electrons. The van der Waals surface area contributed by atoms with Crippen molar-refractivity contribution in [2.24, 2.45) is 0 Å². The third-order valence-electron chi connectivity index (χ3n) is 4.36. The number of nitrogens with one attached hydrogen (secondary N) is 1. The van der Waals surface area contributed by atoms with E-state index < -0.39 is 15.9 Å². The highest BCUT2D eigenvalue weighted by atomic mass is 35.5. The van der Waals surface area contributed by atoms with Crippen LogP contribution in [-0.4, -0.2) is 20.9 Å². The Morgan fingerprint density at radius 1 is 0.966 bits per heavy atom. The highest BCUT2D eigenvalue weighted by Gasteiger charge is 2.27. The summed E-state index contributed by atoms with van der Waals surface area (Å²) < 4.78 is 27.6. The molecular formula is C22H21ClN2O3S. The number of carbonyl (C=O) groups excluding carboxylic acids is 1. The number of aryl methyl sites for hydroxylation is 1. The Hall–Kier alpha value is -2.83. The number of carbonyl (C=O) groups is 1. The Balaban J connectivity index is 1.93. The Labute approximate surface area is 176 Å². The molecule has 3 rings (SSSR count). The first-order chi connectivity index (χ1) is 13.9. The van der Waals surface area contributed by atoms with Crippen LogP contribution in [0.4, 0.5) is 11.4 Å². The maximum atomic E-state index is 13.3. The maximum absolute atomic E-state index is 13.3. The first kappa shape index (κ1) is 20.9.